The standard InChI is InChI=1S/C13H11N2O/c16-11-14-10-12-4-6-13(7-5-12)15-8-2-1-3-9-15/h1-9H,10H2/q+1. The Balaban J connectivity index is 2.23. The van der Waals surface area contributed by atoms with E-state index in [1.807, 2.05) is 59.4 Å². The molecule has 0 spiro atoms. The first-order valence-electron chi connectivity index (χ1n) is 4.99. The van der Waals surface area contributed by atoms with Gasteiger partial charge < -0.3 is 0 Å². The van der Waals surface area contributed by atoms with E-state index in [1.165, 1.54) is 6.08 Å². The van der Waals surface area contributed by atoms with Crippen LogP contribution in [-0.4, -0.2) is 6.08 Å². The maximum atomic E-state index is 9.97. The minimum Gasteiger partial charge on any atom is -0.211 e. The molecule has 2 aromatic rings. The summed E-state index contributed by atoms with van der Waals surface area (Å²) in [6.45, 7) is 0.392. The molecule has 0 aliphatic rings. The van der Waals surface area contributed by atoms with Gasteiger partial charge in [-0.05, 0) is 5.56 Å². The second-order valence-electron chi connectivity index (χ2n) is 3.36. The third-order valence-electron chi connectivity index (χ3n) is 2.28. The average molecular weight is 211 g/mol. The van der Waals surface area contributed by atoms with Gasteiger partial charge in [0, 0.05) is 24.3 Å². The van der Waals surface area contributed by atoms with E-state index < -0.39 is 0 Å². The Kier molecular flexibility index (Phi) is 3.22. The van der Waals surface area contributed by atoms with E-state index in [9.17, 15) is 4.79 Å². The smallest absolute Gasteiger partial charge is 0.211 e. The number of isocyanates is 1. The van der Waals surface area contributed by atoms with Gasteiger partial charge in [-0.15, -0.1) is 0 Å². The van der Waals surface area contributed by atoms with Crippen molar-refractivity contribution in [3.05, 3.63) is 60.4 Å². The van der Waals surface area contributed by atoms with Gasteiger partial charge in [-0.2, -0.15) is 4.57 Å². The maximum Gasteiger partial charge on any atom is 0.235 e. The van der Waals surface area contributed by atoms with Crippen molar-refractivity contribution in [3.8, 4) is 5.69 Å². The van der Waals surface area contributed by atoms with Crippen LogP contribution >= 0.6 is 0 Å². The van der Waals surface area contributed by atoms with Crippen LogP contribution in [-0.2, 0) is 11.3 Å². The van der Waals surface area contributed by atoms with E-state index in [0.717, 1.165) is 11.3 Å². The Morgan fingerprint density at radius 3 is 2.38 bits per heavy atom. The van der Waals surface area contributed by atoms with Gasteiger partial charge in [-0.1, -0.05) is 18.2 Å². The lowest BCUT2D eigenvalue weighted by Gasteiger charge is -1.96. The molecule has 1 aromatic carbocycles. The van der Waals surface area contributed by atoms with Gasteiger partial charge in [0.2, 0.25) is 11.8 Å². The summed E-state index contributed by atoms with van der Waals surface area (Å²) < 4.78 is 2.02. The molecule has 0 amide bonds. The highest BCUT2D eigenvalue weighted by atomic mass is 16.1. The number of aromatic nitrogens is 1. The topological polar surface area (TPSA) is 33.3 Å². The molecule has 0 N–H and O–H groups in total. The van der Waals surface area contributed by atoms with E-state index in [0.29, 0.717) is 6.54 Å². The van der Waals surface area contributed by atoms with Crippen molar-refractivity contribution >= 4 is 6.08 Å². The lowest BCUT2D eigenvalue weighted by Crippen LogP contribution is -2.28. The molecular formula is C13H11N2O+. The summed E-state index contributed by atoms with van der Waals surface area (Å²) >= 11 is 0. The summed E-state index contributed by atoms with van der Waals surface area (Å²) in [7, 11) is 0. The number of nitrogens with zero attached hydrogens (tertiary/aromatic N) is 2. The molecule has 78 valence electrons. The number of hydrogen-bond acceptors (Lipinski definition) is 2. The lowest BCUT2D eigenvalue weighted by molar-refractivity contribution is -0.595. The predicted octanol–water partition coefficient (Wildman–Crippen LogP) is 1.80. The van der Waals surface area contributed by atoms with E-state index in [2.05, 4.69) is 4.99 Å². The fourth-order valence-electron chi connectivity index (χ4n) is 1.47. The van der Waals surface area contributed by atoms with Crippen LogP contribution in [0.15, 0.2) is 59.9 Å². The lowest BCUT2D eigenvalue weighted by atomic mass is 10.2. The first-order chi connectivity index (χ1) is 7.90. The second kappa shape index (κ2) is 5.01. The highest BCUT2D eigenvalue weighted by molar-refractivity contribution is 5.34. The molecule has 1 heterocycles. The Morgan fingerprint density at radius 1 is 1.06 bits per heavy atom. The van der Waals surface area contributed by atoms with Crippen molar-refractivity contribution in [1.82, 2.24) is 0 Å². The number of pyridine rings is 1. The van der Waals surface area contributed by atoms with Gasteiger partial charge in [0.05, 0.1) is 6.54 Å². The van der Waals surface area contributed by atoms with Crippen LogP contribution in [0.1, 0.15) is 5.56 Å². The summed E-state index contributed by atoms with van der Waals surface area (Å²) in [5.41, 5.74) is 2.09. The molecular weight excluding hydrogens is 200 g/mol. The zero-order chi connectivity index (χ0) is 11.2. The van der Waals surface area contributed by atoms with Crippen molar-refractivity contribution in [3.63, 3.8) is 0 Å². The van der Waals surface area contributed by atoms with Gasteiger partial charge in [-0.25, -0.2) is 9.79 Å². The van der Waals surface area contributed by atoms with Gasteiger partial charge in [0.25, 0.3) is 0 Å². The number of aliphatic imine (C=N–C) groups is 1. The van der Waals surface area contributed by atoms with E-state index in [-0.39, 0.29) is 0 Å². The molecule has 0 saturated carbocycles. The summed E-state index contributed by atoms with van der Waals surface area (Å²) in [5.74, 6) is 0. The Labute approximate surface area is 93.7 Å². The third kappa shape index (κ3) is 2.41. The first kappa shape index (κ1) is 10.3. The highest BCUT2D eigenvalue weighted by Crippen LogP contribution is 2.04. The Bertz CT molecular complexity index is 499. The van der Waals surface area contributed by atoms with Gasteiger partial charge in [0.15, 0.2) is 12.4 Å². The molecule has 0 fully saturated rings. The van der Waals surface area contributed by atoms with Crippen LogP contribution in [0.3, 0.4) is 0 Å². The van der Waals surface area contributed by atoms with Crippen molar-refractivity contribution in [2.45, 2.75) is 6.54 Å². The minimum atomic E-state index is 0.392. The summed E-state index contributed by atoms with van der Waals surface area (Å²) in [6.07, 6.45) is 5.50. The van der Waals surface area contributed by atoms with Crippen LogP contribution in [0.25, 0.3) is 5.69 Å². The fourth-order valence-corrected chi connectivity index (χ4v) is 1.47. The molecule has 0 bridgehead atoms. The van der Waals surface area contributed by atoms with Crippen LogP contribution in [0.5, 0.6) is 0 Å². The van der Waals surface area contributed by atoms with Crippen LogP contribution in [0, 0.1) is 0 Å². The maximum absolute atomic E-state index is 9.97. The summed E-state index contributed by atoms with van der Waals surface area (Å²) in [5, 5.41) is 0. The molecule has 0 aliphatic heterocycles. The van der Waals surface area contributed by atoms with Crippen molar-refractivity contribution in [2.24, 2.45) is 4.99 Å². The van der Waals surface area contributed by atoms with Crippen molar-refractivity contribution in [2.75, 3.05) is 0 Å². The zero-order valence-corrected chi connectivity index (χ0v) is 8.71. The molecule has 16 heavy (non-hydrogen) atoms. The molecule has 2 rings (SSSR count). The molecule has 0 saturated heterocycles. The summed E-state index contributed by atoms with van der Waals surface area (Å²) in [4.78, 5) is 13.5. The zero-order valence-electron chi connectivity index (χ0n) is 8.71. The number of carbonyl (C=O) groups excluding carboxylic acids is 1. The third-order valence-corrected chi connectivity index (χ3v) is 2.28. The van der Waals surface area contributed by atoms with Gasteiger partial charge in [0.1, 0.15) is 0 Å². The van der Waals surface area contributed by atoms with Crippen LogP contribution < -0.4 is 4.57 Å². The molecule has 3 nitrogen and oxygen atoms in total. The van der Waals surface area contributed by atoms with Gasteiger partial charge in [-0.3, -0.25) is 0 Å². The van der Waals surface area contributed by atoms with Gasteiger partial charge >= 0.3 is 0 Å². The summed E-state index contributed by atoms with van der Waals surface area (Å²) in [6, 6.07) is 13.8. The second-order valence-corrected chi connectivity index (χ2v) is 3.36. The van der Waals surface area contributed by atoms with E-state index >= 15 is 0 Å². The number of hydrogen-bond donors (Lipinski definition) is 0. The van der Waals surface area contributed by atoms with Crippen molar-refractivity contribution < 1.29 is 9.36 Å². The minimum absolute atomic E-state index is 0.392. The predicted molar refractivity (Wildman–Crippen MR) is 59.8 cm³/mol. The molecule has 3 heteroatoms. The monoisotopic (exact) mass is 211 g/mol. The Morgan fingerprint density at radius 2 is 1.75 bits per heavy atom. The normalized spacial score (nSPS) is 9.50. The quantitative estimate of drug-likeness (QED) is 0.433. The number of benzene rings is 1. The van der Waals surface area contributed by atoms with E-state index in [1.54, 1.807) is 0 Å². The Hall–Kier alpha value is -2.25. The highest BCUT2D eigenvalue weighted by Gasteiger charge is 2.02. The molecule has 0 aliphatic carbocycles. The molecule has 0 atom stereocenters. The molecule has 0 unspecified atom stereocenters. The molecule has 0 radical (unpaired) electrons. The van der Waals surface area contributed by atoms with E-state index in [4.69, 9.17) is 0 Å². The first-order valence-corrected chi connectivity index (χ1v) is 4.99. The average Bonchev–Trinajstić information content (AvgIpc) is 2.38. The van der Waals surface area contributed by atoms with Crippen LogP contribution in [0.2, 0.25) is 0 Å². The largest absolute Gasteiger partial charge is 0.235 e. The van der Waals surface area contributed by atoms with Crippen LogP contribution in [0.4, 0.5) is 0 Å². The number of rotatable bonds is 3. The van der Waals surface area contributed by atoms with Crippen molar-refractivity contribution in [1.29, 1.82) is 0 Å². The fraction of sp³-hybridized carbons (Fsp3) is 0.0769. The molecule has 1 aromatic heterocycles. The SMILES string of the molecule is O=C=NCc1ccc(-[n+]2ccccc2)cc1.